The van der Waals surface area contributed by atoms with Crippen LogP contribution in [0.1, 0.15) is 15.9 Å². The maximum Gasteiger partial charge on any atom is 0.335 e. The van der Waals surface area contributed by atoms with Gasteiger partial charge in [-0.15, -0.1) is 0 Å². The Bertz CT molecular complexity index is 846. The molecule has 2 rings (SSSR count). The number of sulfone groups is 1. The summed E-state index contributed by atoms with van der Waals surface area (Å²) in [5.41, 5.74) is 0.968. The summed E-state index contributed by atoms with van der Waals surface area (Å²) in [4.78, 5) is 23.4. The number of hydrogen-bond donors (Lipinski definition) is 2. The molecule has 0 aromatic heterocycles. The largest absolute Gasteiger partial charge is 0.478 e. The molecule has 1 atom stereocenters. The summed E-state index contributed by atoms with van der Waals surface area (Å²) >= 11 is 0. The van der Waals surface area contributed by atoms with Crippen LogP contribution >= 0.6 is 0 Å². The third kappa shape index (κ3) is 4.66. The van der Waals surface area contributed by atoms with Crippen molar-refractivity contribution >= 4 is 27.4 Å². The van der Waals surface area contributed by atoms with Gasteiger partial charge in [0.15, 0.2) is 9.84 Å². The topological polar surface area (TPSA) is 101 Å². The van der Waals surface area contributed by atoms with E-state index in [4.69, 9.17) is 5.11 Å². The molecule has 0 bridgehead atoms. The highest BCUT2D eigenvalue weighted by Gasteiger charge is 2.29. The van der Waals surface area contributed by atoms with Gasteiger partial charge in [-0.3, -0.25) is 4.79 Å². The number of anilines is 1. The molecule has 126 valence electrons. The van der Waals surface area contributed by atoms with Crippen molar-refractivity contribution in [1.82, 2.24) is 0 Å². The van der Waals surface area contributed by atoms with Crippen molar-refractivity contribution in [2.45, 2.75) is 11.7 Å². The van der Waals surface area contributed by atoms with Crippen LogP contribution < -0.4 is 5.32 Å². The Morgan fingerprint density at radius 2 is 1.75 bits per heavy atom. The molecule has 0 aliphatic carbocycles. The molecule has 6 nitrogen and oxygen atoms in total. The number of benzene rings is 2. The van der Waals surface area contributed by atoms with Crippen molar-refractivity contribution in [3.05, 3.63) is 65.7 Å². The molecule has 0 aliphatic heterocycles. The first-order valence-electron chi connectivity index (χ1n) is 7.14. The fourth-order valence-corrected chi connectivity index (χ4v) is 3.16. The maximum absolute atomic E-state index is 12.4. The van der Waals surface area contributed by atoms with Gasteiger partial charge in [-0.05, 0) is 30.2 Å². The highest BCUT2D eigenvalue weighted by Crippen LogP contribution is 2.15. The zero-order valence-electron chi connectivity index (χ0n) is 13.0. The molecule has 1 amide bonds. The summed E-state index contributed by atoms with van der Waals surface area (Å²) in [7, 11) is -3.64. The summed E-state index contributed by atoms with van der Waals surface area (Å²) in [6.45, 7) is 0. The van der Waals surface area contributed by atoms with Gasteiger partial charge in [0.1, 0.15) is 5.25 Å². The quantitative estimate of drug-likeness (QED) is 0.832. The van der Waals surface area contributed by atoms with Crippen molar-refractivity contribution in [3.8, 4) is 0 Å². The number of carbonyl (C=O) groups excluding carboxylic acids is 1. The third-order valence-corrected chi connectivity index (χ3v) is 4.86. The number of nitrogens with one attached hydrogen (secondary N) is 1. The minimum absolute atomic E-state index is 0.00626. The van der Waals surface area contributed by atoms with Gasteiger partial charge in [0.2, 0.25) is 5.91 Å². The minimum atomic E-state index is -3.64. The lowest BCUT2D eigenvalue weighted by molar-refractivity contribution is -0.115. The molecule has 2 N–H and O–H groups in total. The van der Waals surface area contributed by atoms with Crippen LogP contribution in [0.5, 0.6) is 0 Å². The molecular weight excluding hydrogens is 330 g/mol. The molecule has 0 spiro atoms. The van der Waals surface area contributed by atoms with Crippen LogP contribution in [-0.2, 0) is 21.1 Å². The summed E-state index contributed by atoms with van der Waals surface area (Å²) in [6.07, 6.45) is 1.05. The fraction of sp³-hybridized carbons (Fsp3) is 0.176. The zero-order chi connectivity index (χ0) is 17.7. The van der Waals surface area contributed by atoms with E-state index in [-0.39, 0.29) is 17.7 Å². The lowest BCUT2D eigenvalue weighted by Crippen LogP contribution is -2.36. The van der Waals surface area contributed by atoms with Gasteiger partial charge in [0.05, 0.1) is 5.56 Å². The Kier molecular flexibility index (Phi) is 5.35. The van der Waals surface area contributed by atoms with Gasteiger partial charge < -0.3 is 10.4 Å². The highest BCUT2D eigenvalue weighted by atomic mass is 32.2. The summed E-state index contributed by atoms with van der Waals surface area (Å²) in [5, 5.41) is 10.2. The Labute approximate surface area is 140 Å². The molecule has 0 radical (unpaired) electrons. The van der Waals surface area contributed by atoms with Crippen LogP contribution in [0.15, 0.2) is 54.6 Å². The molecule has 1 unspecified atom stereocenters. The summed E-state index contributed by atoms with van der Waals surface area (Å²) in [6, 6.07) is 14.5. The van der Waals surface area contributed by atoms with Gasteiger partial charge >= 0.3 is 5.97 Å². The minimum Gasteiger partial charge on any atom is -0.478 e. The molecule has 2 aromatic carbocycles. The van der Waals surface area contributed by atoms with Gasteiger partial charge in [-0.2, -0.15) is 0 Å². The van der Waals surface area contributed by atoms with Crippen LogP contribution in [0, 0.1) is 0 Å². The fourth-order valence-electron chi connectivity index (χ4n) is 2.22. The maximum atomic E-state index is 12.4. The Hall–Kier alpha value is -2.67. The molecule has 2 aromatic rings. The molecule has 0 saturated heterocycles. The first-order chi connectivity index (χ1) is 11.3. The second-order valence-corrected chi connectivity index (χ2v) is 7.61. The number of carboxylic acids is 1. The van der Waals surface area contributed by atoms with Crippen molar-refractivity contribution in [2.24, 2.45) is 0 Å². The van der Waals surface area contributed by atoms with Crippen molar-refractivity contribution in [3.63, 3.8) is 0 Å². The molecule has 7 heteroatoms. The van der Waals surface area contributed by atoms with E-state index in [1.807, 2.05) is 0 Å². The van der Waals surface area contributed by atoms with E-state index in [1.54, 1.807) is 30.3 Å². The van der Waals surface area contributed by atoms with Crippen molar-refractivity contribution in [1.29, 1.82) is 0 Å². The highest BCUT2D eigenvalue weighted by molar-refractivity contribution is 7.92. The second kappa shape index (κ2) is 7.27. The average Bonchev–Trinajstić information content (AvgIpc) is 2.52. The zero-order valence-corrected chi connectivity index (χ0v) is 13.8. The second-order valence-electron chi connectivity index (χ2n) is 5.38. The van der Waals surface area contributed by atoms with Gasteiger partial charge in [-0.1, -0.05) is 36.4 Å². The van der Waals surface area contributed by atoms with Crippen molar-refractivity contribution < 1.29 is 23.1 Å². The number of amides is 1. The molecule has 0 aliphatic rings. The molecule has 0 heterocycles. The summed E-state index contributed by atoms with van der Waals surface area (Å²) in [5.74, 6) is -1.82. The predicted molar refractivity (Wildman–Crippen MR) is 90.8 cm³/mol. The van der Waals surface area contributed by atoms with Crippen LogP contribution in [0.3, 0.4) is 0 Å². The van der Waals surface area contributed by atoms with E-state index in [0.717, 1.165) is 11.8 Å². The Morgan fingerprint density at radius 3 is 2.33 bits per heavy atom. The molecular formula is C17H17NO5S. The number of aromatic carboxylic acids is 1. The third-order valence-electron chi connectivity index (χ3n) is 3.45. The van der Waals surface area contributed by atoms with Crippen LogP contribution in [0.4, 0.5) is 5.69 Å². The van der Waals surface area contributed by atoms with Crippen LogP contribution in [0.2, 0.25) is 0 Å². The van der Waals surface area contributed by atoms with Crippen LogP contribution in [0.25, 0.3) is 0 Å². The van der Waals surface area contributed by atoms with E-state index in [1.165, 1.54) is 24.3 Å². The average molecular weight is 347 g/mol. The number of hydrogen-bond acceptors (Lipinski definition) is 4. The first kappa shape index (κ1) is 17.7. The number of carboxylic acid groups (broad SMARTS) is 1. The predicted octanol–water partition coefficient (Wildman–Crippen LogP) is 1.98. The summed E-state index contributed by atoms with van der Waals surface area (Å²) < 4.78 is 24.0. The molecule has 24 heavy (non-hydrogen) atoms. The normalized spacial score (nSPS) is 12.4. The standard InChI is InChI=1S/C17H17NO5S/c1-24(22,23)15(10-12-6-3-2-4-7-12)16(19)18-14-9-5-8-13(11-14)17(20)21/h2-9,11,15H,10H2,1H3,(H,18,19)(H,20,21). The Morgan fingerprint density at radius 1 is 1.08 bits per heavy atom. The number of rotatable bonds is 6. The number of carbonyl (C=O) groups is 2. The molecule has 0 fully saturated rings. The van der Waals surface area contributed by atoms with Crippen LogP contribution in [-0.4, -0.2) is 36.9 Å². The van der Waals surface area contributed by atoms with E-state index in [0.29, 0.717) is 0 Å². The van der Waals surface area contributed by atoms with E-state index >= 15 is 0 Å². The lowest BCUT2D eigenvalue weighted by atomic mass is 10.1. The molecule has 0 saturated carbocycles. The van der Waals surface area contributed by atoms with Gasteiger partial charge in [-0.25, -0.2) is 13.2 Å². The van der Waals surface area contributed by atoms with E-state index < -0.39 is 27.0 Å². The SMILES string of the molecule is CS(=O)(=O)C(Cc1ccccc1)C(=O)Nc1cccc(C(=O)O)c1. The van der Waals surface area contributed by atoms with E-state index in [9.17, 15) is 18.0 Å². The lowest BCUT2D eigenvalue weighted by Gasteiger charge is -2.15. The first-order valence-corrected chi connectivity index (χ1v) is 9.10. The van der Waals surface area contributed by atoms with Gasteiger partial charge in [0, 0.05) is 11.9 Å². The van der Waals surface area contributed by atoms with Gasteiger partial charge in [0.25, 0.3) is 0 Å². The monoisotopic (exact) mass is 347 g/mol. The Balaban J connectivity index is 2.23. The van der Waals surface area contributed by atoms with E-state index in [2.05, 4.69) is 5.32 Å². The van der Waals surface area contributed by atoms with Crippen molar-refractivity contribution in [2.75, 3.05) is 11.6 Å². The smallest absolute Gasteiger partial charge is 0.335 e.